The van der Waals surface area contributed by atoms with Crippen molar-refractivity contribution >= 4 is 33.8 Å². The van der Waals surface area contributed by atoms with Crippen molar-refractivity contribution < 1.29 is 9.53 Å². The largest absolute Gasteiger partial charge is 0.453 e. The third-order valence-electron chi connectivity index (χ3n) is 2.06. The lowest BCUT2D eigenvalue weighted by Gasteiger charge is -2.45. The Hall–Kier alpha value is 0.100. The van der Waals surface area contributed by atoms with Crippen LogP contribution in [0.1, 0.15) is 6.92 Å². The van der Waals surface area contributed by atoms with Gasteiger partial charge >= 0.3 is 6.09 Å². The van der Waals surface area contributed by atoms with Crippen molar-refractivity contribution in [2.75, 3.05) is 18.2 Å². The first-order valence-corrected chi connectivity index (χ1v) is 5.77. The number of halogens is 1. The van der Waals surface area contributed by atoms with Crippen LogP contribution >= 0.6 is 27.7 Å². The summed E-state index contributed by atoms with van der Waals surface area (Å²) in [6.45, 7) is 2.12. The summed E-state index contributed by atoms with van der Waals surface area (Å²) < 4.78 is 4.65. The van der Waals surface area contributed by atoms with Crippen LogP contribution in [-0.4, -0.2) is 35.1 Å². The van der Waals surface area contributed by atoms with Gasteiger partial charge in [0, 0.05) is 15.8 Å². The van der Waals surface area contributed by atoms with E-state index in [1.807, 2.05) is 11.8 Å². The van der Waals surface area contributed by atoms with E-state index >= 15 is 0 Å². The summed E-state index contributed by atoms with van der Waals surface area (Å²) in [6, 6.07) is 0.231. The zero-order valence-electron chi connectivity index (χ0n) is 7.09. The number of methoxy groups -OCH3 is 1. The smallest absolute Gasteiger partial charge is 0.407 e. The number of alkyl carbamates (subject to hydrolysis) is 1. The number of carbonyl (C=O) groups excluding carboxylic acids is 1. The minimum atomic E-state index is -0.340. The summed E-state index contributed by atoms with van der Waals surface area (Å²) in [5.41, 5.74) is 0. The first kappa shape index (κ1) is 10.2. The molecule has 0 aromatic rings. The van der Waals surface area contributed by atoms with Crippen molar-refractivity contribution in [1.82, 2.24) is 5.32 Å². The number of amides is 1. The molecule has 1 amide bonds. The summed E-state index contributed by atoms with van der Waals surface area (Å²) in [4.78, 5) is 10.9. The van der Waals surface area contributed by atoms with Crippen LogP contribution in [0.4, 0.5) is 4.79 Å². The van der Waals surface area contributed by atoms with E-state index in [-0.39, 0.29) is 16.9 Å². The summed E-state index contributed by atoms with van der Waals surface area (Å²) in [6.07, 6.45) is -0.340. The van der Waals surface area contributed by atoms with Gasteiger partial charge in [-0.1, -0.05) is 15.9 Å². The van der Waals surface area contributed by atoms with Crippen molar-refractivity contribution in [2.24, 2.45) is 0 Å². The summed E-state index contributed by atoms with van der Waals surface area (Å²) in [5.74, 6) is 0.969. The van der Waals surface area contributed by atoms with Crippen molar-refractivity contribution in [2.45, 2.75) is 17.7 Å². The maximum atomic E-state index is 10.9. The molecule has 0 aromatic heterocycles. The van der Waals surface area contributed by atoms with Crippen LogP contribution in [0.5, 0.6) is 0 Å². The average Bonchev–Trinajstić information content (AvgIpc) is 2.10. The molecule has 2 atom stereocenters. The van der Waals surface area contributed by atoms with Crippen molar-refractivity contribution in [3.8, 4) is 0 Å². The van der Waals surface area contributed by atoms with Gasteiger partial charge in [0.25, 0.3) is 0 Å². The van der Waals surface area contributed by atoms with Gasteiger partial charge < -0.3 is 10.1 Å². The number of carbonyl (C=O) groups is 1. The van der Waals surface area contributed by atoms with E-state index in [1.165, 1.54) is 7.11 Å². The predicted molar refractivity (Wildman–Crippen MR) is 54.0 cm³/mol. The highest BCUT2D eigenvalue weighted by Gasteiger charge is 2.43. The Morgan fingerprint density at radius 3 is 2.92 bits per heavy atom. The molecule has 0 spiro atoms. The summed E-state index contributed by atoms with van der Waals surface area (Å²) >= 11 is 5.27. The molecule has 1 saturated heterocycles. The fourth-order valence-electron chi connectivity index (χ4n) is 0.978. The highest BCUT2D eigenvalue weighted by Crippen LogP contribution is 2.41. The van der Waals surface area contributed by atoms with Crippen molar-refractivity contribution in [3.63, 3.8) is 0 Å². The summed E-state index contributed by atoms with van der Waals surface area (Å²) in [5, 5.41) is 3.68. The lowest BCUT2D eigenvalue weighted by atomic mass is 10.0. The van der Waals surface area contributed by atoms with Crippen molar-refractivity contribution in [1.29, 1.82) is 0 Å². The van der Waals surface area contributed by atoms with Crippen LogP contribution < -0.4 is 5.32 Å². The standard InChI is InChI=1S/C7H12BrNO2S/c1-7(4-8)5(3-12-7)9-6(10)11-2/h5H,3-4H2,1-2H3,(H,9,10)/t5-,7-/m0/s1. The Balaban J connectivity index is 2.39. The maximum Gasteiger partial charge on any atom is 0.407 e. The number of hydrogen-bond acceptors (Lipinski definition) is 3. The van der Waals surface area contributed by atoms with Gasteiger partial charge in [-0.05, 0) is 6.92 Å². The topological polar surface area (TPSA) is 38.3 Å². The van der Waals surface area contributed by atoms with E-state index in [9.17, 15) is 4.79 Å². The maximum absolute atomic E-state index is 10.9. The highest BCUT2D eigenvalue weighted by atomic mass is 79.9. The molecule has 3 nitrogen and oxygen atoms in total. The summed E-state index contributed by atoms with van der Waals surface area (Å²) in [7, 11) is 1.38. The van der Waals surface area contributed by atoms with E-state index in [1.54, 1.807) is 0 Å². The van der Waals surface area contributed by atoms with E-state index < -0.39 is 0 Å². The molecule has 1 heterocycles. The molecule has 0 radical (unpaired) electrons. The molecule has 1 rings (SSSR count). The molecule has 0 aromatic carbocycles. The molecule has 0 bridgehead atoms. The lowest BCUT2D eigenvalue weighted by molar-refractivity contribution is 0.165. The second-order valence-corrected chi connectivity index (χ2v) is 5.06. The monoisotopic (exact) mass is 253 g/mol. The van der Waals surface area contributed by atoms with E-state index in [4.69, 9.17) is 0 Å². The van der Waals surface area contributed by atoms with Gasteiger partial charge in [0.05, 0.1) is 13.2 Å². The molecular formula is C7H12BrNO2S. The molecule has 5 heteroatoms. The molecular weight excluding hydrogens is 242 g/mol. The molecule has 70 valence electrons. The van der Waals surface area contributed by atoms with Gasteiger partial charge in [0.15, 0.2) is 0 Å². The van der Waals surface area contributed by atoms with Crippen molar-refractivity contribution in [3.05, 3.63) is 0 Å². The van der Waals surface area contributed by atoms with Crippen LogP contribution in [0, 0.1) is 0 Å². The molecule has 0 unspecified atom stereocenters. The van der Waals surface area contributed by atoms with Gasteiger partial charge in [-0.15, -0.1) is 0 Å². The number of alkyl halides is 1. The van der Waals surface area contributed by atoms with Crippen LogP contribution in [0.25, 0.3) is 0 Å². The van der Waals surface area contributed by atoms with Gasteiger partial charge in [-0.2, -0.15) is 11.8 Å². The lowest BCUT2D eigenvalue weighted by Crippen LogP contribution is -2.59. The number of ether oxygens (including phenoxy) is 1. The Labute approximate surface area is 84.7 Å². The second-order valence-electron chi connectivity index (χ2n) is 2.95. The SMILES string of the molecule is COC(=O)N[C@H]1CS[C@@]1(C)CBr. The van der Waals surface area contributed by atoms with Gasteiger partial charge in [-0.3, -0.25) is 0 Å². The third kappa shape index (κ3) is 1.88. The number of rotatable bonds is 2. The van der Waals surface area contributed by atoms with Gasteiger partial charge in [-0.25, -0.2) is 4.79 Å². The molecule has 0 aliphatic carbocycles. The van der Waals surface area contributed by atoms with Crippen LogP contribution in [-0.2, 0) is 4.74 Å². The normalized spacial score (nSPS) is 33.8. The van der Waals surface area contributed by atoms with E-state index in [2.05, 4.69) is 32.9 Å². The quantitative estimate of drug-likeness (QED) is 0.761. The minimum absolute atomic E-state index is 0.133. The molecule has 12 heavy (non-hydrogen) atoms. The number of hydrogen-bond donors (Lipinski definition) is 1. The zero-order chi connectivity index (χ0) is 9.19. The van der Waals surface area contributed by atoms with Crippen LogP contribution in [0.15, 0.2) is 0 Å². The van der Waals surface area contributed by atoms with Crippen LogP contribution in [0.2, 0.25) is 0 Å². The average molecular weight is 254 g/mol. The first-order valence-electron chi connectivity index (χ1n) is 3.67. The minimum Gasteiger partial charge on any atom is -0.453 e. The van der Waals surface area contributed by atoms with Gasteiger partial charge in [0.2, 0.25) is 0 Å². The molecule has 1 aliphatic heterocycles. The fourth-order valence-corrected chi connectivity index (χ4v) is 2.98. The Morgan fingerprint density at radius 1 is 1.92 bits per heavy atom. The third-order valence-corrected chi connectivity index (χ3v) is 5.18. The predicted octanol–water partition coefficient (Wildman–Crippen LogP) is 1.61. The number of nitrogens with one attached hydrogen (secondary N) is 1. The first-order chi connectivity index (χ1) is 5.62. The molecule has 1 fully saturated rings. The zero-order valence-corrected chi connectivity index (χ0v) is 9.50. The Kier molecular flexibility index (Phi) is 3.29. The Morgan fingerprint density at radius 2 is 2.58 bits per heavy atom. The molecule has 1 aliphatic rings. The molecule has 1 N–H and O–H groups in total. The van der Waals surface area contributed by atoms with E-state index in [0.29, 0.717) is 0 Å². The van der Waals surface area contributed by atoms with E-state index in [0.717, 1.165) is 11.1 Å². The number of thioether (sulfide) groups is 1. The van der Waals surface area contributed by atoms with Crippen LogP contribution in [0.3, 0.4) is 0 Å². The Bertz CT molecular complexity index is 186. The van der Waals surface area contributed by atoms with Gasteiger partial charge in [0.1, 0.15) is 0 Å². The second kappa shape index (κ2) is 3.87. The highest BCUT2D eigenvalue weighted by molar-refractivity contribution is 9.09. The fraction of sp³-hybridized carbons (Fsp3) is 0.857. The molecule has 0 saturated carbocycles.